The normalized spacial score (nSPS) is 18.6. The van der Waals surface area contributed by atoms with E-state index in [-0.39, 0.29) is 22.2 Å². The molecule has 1 aromatic carbocycles. The number of anilines is 1. The average molecular weight is 315 g/mol. The lowest BCUT2D eigenvalue weighted by Crippen LogP contribution is -2.30. The fourth-order valence-corrected chi connectivity index (χ4v) is 3.42. The van der Waals surface area contributed by atoms with E-state index in [0.717, 1.165) is 6.42 Å². The summed E-state index contributed by atoms with van der Waals surface area (Å²) < 4.78 is 32.3. The van der Waals surface area contributed by atoms with Crippen LogP contribution in [0, 0.1) is 16.0 Å². The molecule has 2 rings (SSSR count). The van der Waals surface area contributed by atoms with Gasteiger partial charge >= 0.3 is 0 Å². The van der Waals surface area contributed by atoms with Crippen molar-refractivity contribution < 1.29 is 18.1 Å². The second-order valence-electron chi connectivity index (χ2n) is 4.77. The number of hydrogen-bond donors (Lipinski definition) is 2. The Morgan fingerprint density at radius 3 is 2.81 bits per heavy atom. The summed E-state index contributed by atoms with van der Waals surface area (Å²) in [6, 6.07) is 3.61. The van der Waals surface area contributed by atoms with Crippen LogP contribution < -0.4 is 10.0 Å². The highest BCUT2D eigenvalue weighted by molar-refractivity contribution is 7.89. The summed E-state index contributed by atoms with van der Waals surface area (Å²) in [5.74, 6) is 0.163. The minimum absolute atomic E-state index is 0.00508. The van der Waals surface area contributed by atoms with E-state index in [1.165, 1.54) is 25.2 Å². The minimum atomic E-state index is -3.72. The zero-order valence-corrected chi connectivity index (χ0v) is 12.4. The summed E-state index contributed by atoms with van der Waals surface area (Å²) in [5, 5.41) is 13.4. The Morgan fingerprint density at radius 2 is 2.24 bits per heavy atom. The Labute approximate surface area is 122 Å². The van der Waals surface area contributed by atoms with Crippen molar-refractivity contribution in [1.82, 2.24) is 4.72 Å². The highest BCUT2D eigenvalue weighted by atomic mass is 32.2. The molecule has 0 radical (unpaired) electrons. The third-order valence-electron chi connectivity index (χ3n) is 3.32. The summed E-state index contributed by atoms with van der Waals surface area (Å²) in [7, 11) is -2.21. The predicted octanol–water partition coefficient (Wildman–Crippen LogP) is 0.951. The van der Waals surface area contributed by atoms with Crippen LogP contribution in [0.5, 0.6) is 0 Å². The van der Waals surface area contributed by atoms with E-state index in [1.54, 1.807) is 0 Å². The molecule has 1 aromatic rings. The van der Waals surface area contributed by atoms with Gasteiger partial charge in [0, 0.05) is 32.3 Å². The van der Waals surface area contributed by atoms with Crippen molar-refractivity contribution in [2.75, 3.05) is 32.1 Å². The molecule has 116 valence electrons. The molecule has 0 amide bonds. The fraction of sp³-hybridized carbons (Fsp3) is 0.500. The number of ether oxygens (including phenoxy) is 1. The Kier molecular flexibility index (Phi) is 4.76. The molecule has 8 nitrogen and oxygen atoms in total. The van der Waals surface area contributed by atoms with Crippen LogP contribution in [0.3, 0.4) is 0 Å². The van der Waals surface area contributed by atoms with Gasteiger partial charge in [-0.15, -0.1) is 0 Å². The number of nitrogens with one attached hydrogen (secondary N) is 2. The zero-order valence-electron chi connectivity index (χ0n) is 11.5. The standard InChI is InChI=1S/C12H17N3O5S/c1-13-11-6-10(15(16)17)2-3-12(11)21(18,19)14-7-9-4-5-20-8-9/h2-3,6,9,13-14H,4-5,7-8H2,1H3. The van der Waals surface area contributed by atoms with Crippen LogP contribution in [0.2, 0.25) is 0 Å². The molecule has 0 aliphatic carbocycles. The molecule has 1 fully saturated rings. The van der Waals surface area contributed by atoms with Gasteiger partial charge in [-0.2, -0.15) is 0 Å². The van der Waals surface area contributed by atoms with E-state index in [4.69, 9.17) is 4.74 Å². The number of rotatable bonds is 6. The molecule has 2 N–H and O–H groups in total. The summed E-state index contributed by atoms with van der Waals surface area (Å²) >= 11 is 0. The van der Waals surface area contributed by atoms with Crippen LogP contribution in [-0.2, 0) is 14.8 Å². The molecule has 0 aromatic heterocycles. The topological polar surface area (TPSA) is 111 Å². The Morgan fingerprint density at radius 1 is 1.48 bits per heavy atom. The first kappa shape index (κ1) is 15.7. The van der Waals surface area contributed by atoms with Gasteiger partial charge in [-0.1, -0.05) is 0 Å². The van der Waals surface area contributed by atoms with Gasteiger partial charge in [-0.3, -0.25) is 10.1 Å². The number of benzene rings is 1. The van der Waals surface area contributed by atoms with Crippen LogP contribution in [0.25, 0.3) is 0 Å². The van der Waals surface area contributed by atoms with Gasteiger partial charge in [-0.05, 0) is 18.4 Å². The zero-order chi connectivity index (χ0) is 15.5. The number of non-ortho nitro benzene ring substituents is 1. The first-order valence-electron chi connectivity index (χ1n) is 6.47. The van der Waals surface area contributed by atoms with Crippen LogP contribution in [0.15, 0.2) is 23.1 Å². The predicted molar refractivity (Wildman–Crippen MR) is 76.8 cm³/mol. The second-order valence-corrected chi connectivity index (χ2v) is 6.50. The highest BCUT2D eigenvalue weighted by Gasteiger charge is 2.23. The monoisotopic (exact) mass is 315 g/mol. The maximum atomic E-state index is 12.3. The average Bonchev–Trinajstić information content (AvgIpc) is 2.97. The first-order valence-corrected chi connectivity index (χ1v) is 7.96. The number of nitro benzene ring substituents is 1. The molecule has 0 bridgehead atoms. The third-order valence-corrected chi connectivity index (χ3v) is 4.80. The summed E-state index contributed by atoms with van der Waals surface area (Å²) in [4.78, 5) is 10.2. The van der Waals surface area contributed by atoms with Gasteiger partial charge in [-0.25, -0.2) is 13.1 Å². The van der Waals surface area contributed by atoms with Crippen molar-refractivity contribution in [3.63, 3.8) is 0 Å². The molecular formula is C12H17N3O5S. The molecule has 0 spiro atoms. The van der Waals surface area contributed by atoms with Crippen LogP contribution in [0.4, 0.5) is 11.4 Å². The summed E-state index contributed by atoms with van der Waals surface area (Å²) in [5.41, 5.74) is 0.0295. The molecule has 1 saturated heterocycles. The molecule has 1 aliphatic heterocycles. The quantitative estimate of drug-likeness (QED) is 0.597. The van der Waals surface area contributed by atoms with Gasteiger partial charge in [0.2, 0.25) is 10.0 Å². The first-order chi connectivity index (χ1) is 9.94. The van der Waals surface area contributed by atoms with Crippen molar-refractivity contribution >= 4 is 21.4 Å². The van der Waals surface area contributed by atoms with Crippen LogP contribution >= 0.6 is 0 Å². The van der Waals surface area contributed by atoms with E-state index >= 15 is 0 Å². The van der Waals surface area contributed by atoms with Crippen molar-refractivity contribution in [2.24, 2.45) is 5.92 Å². The van der Waals surface area contributed by atoms with E-state index < -0.39 is 14.9 Å². The third kappa shape index (κ3) is 3.69. The van der Waals surface area contributed by atoms with Crippen molar-refractivity contribution in [2.45, 2.75) is 11.3 Å². The lowest BCUT2D eigenvalue weighted by Gasteiger charge is -2.13. The van der Waals surface area contributed by atoms with Gasteiger partial charge in [0.1, 0.15) is 4.90 Å². The van der Waals surface area contributed by atoms with Crippen molar-refractivity contribution in [3.8, 4) is 0 Å². The summed E-state index contributed by atoms with van der Waals surface area (Å²) in [6.07, 6.45) is 0.821. The Balaban J connectivity index is 2.20. The minimum Gasteiger partial charge on any atom is -0.387 e. The molecule has 1 aliphatic rings. The van der Waals surface area contributed by atoms with Gasteiger partial charge in [0.05, 0.1) is 17.2 Å². The number of nitrogens with zero attached hydrogens (tertiary/aromatic N) is 1. The van der Waals surface area contributed by atoms with Gasteiger partial charge < -0.3 is 10.1 Å². The highest BCUT2D eigenvalue weighted by Crippen LogP contribution is 2.26. The molecule has 9 heteroatoms. The van der Waals surface area contributed by atoms with E-state index in [9.17, 15) is 18.5 Å². The molecular weight excluding hydrogens is 298 g/mol. The maximum absolute atomic E-state index is 12.3. The fourth-order valence-electron chi connectivity index (χ4n) is 2.11. The molecule has 1 unspecified atom stereocenters. The molecule has 1 atom stereocenters. The van der Waals surface area contributed by atoms with Crippen LogP contribution in [0.1, 0.15) is 6.42 Å². The van der Waals surface area contributed by atoms with Gasteiger partial charge in [0.15, 0.2) is 0 Å². The largest absolute Gasteiger partial charge is 0.387 e. The van der Waals surface area contributed by atoms with E-state index in [0.29, 0.717) is 19.8 Å². The van der Waals surface area contributed by atoms with Crippen LogP contribution in [-0.4, -0.2) is 40.1 Å². The molecule has 1 heterocycles. The SMILES string of the molecule is CNc1cc([N+](=O)[O-])ccc1S(=O)(=O)NCC1CCOC1. The summed E-state index contributed by atoms with van der Waals surface area (Å²) in [6.45, 7) is 1.48. The lowest BCUT2D eigenvalue weighted by atomic mass is 10.1. The number of hydrogen-bond acceptors (Lipinski definition) is 6. The lowest BCUT2D eigenvalue weighted by molar-refractivity contribution is -0.384. The van der Waals surface area contributed by atoms with Crippen molar-refractivity contribution in [3.05, 3.63) is 28.3 Å². The maximum Gasteiger partial charge on any atom is 0.271 e. The second kappa shape index (κ2) is 6.37. The number of nitro groups is 1. The molecule has 0 saturated carbocycles. The Bertz CT molecular complexity index is 626. The Hall–Kier alpha value is -1.71. The smallest absolute Gasteiger partial charge is 0.271 e. The van der Waals surface area contributed by atoms with Crippen molar-refractivity contribution in [1.29, 1.82) is 0 Å². The van der Waals surface area contributed by atoms with E-state index in [2.05, 4.69) is 10.0 Å². The number of sulfonamides is 1. The van der Waals surface area contributed by atoms with E-state index in [1.807, 2.05) is 0 Å². The van der Waals surface area contributed by atoms with Gasteiger partial charge in [0.25, 0.3) is 5.69 Å². The molecule has 21 heavy (non-hydrogen) atoms.